The summed E-state index contributed by atoms with van der Waals surface area (Å²) in [5, 5.41) is 0.342. The third-order valence-corrected chi connectivity index (χ3v) is 6.31. The Morgan fingerprint density at radius 2 is 1.85 bits per heavy atom. The molecule has 2 aromatic carbocycles. The second-order valence-corrected chi connectivity index (χ2v) is 8.52. The fourth-order valence-electron chi connectivity index (χ4n) is 3.17. The number of quaternary nitrogens is 1. The maximum Gasteiger partial charge on any atom is 0.264 e. The number of piperazine rings is 1. The molecule has 0 amide bonds. The predicted molar refractivity (Wildman–Crippen MR) is 102 cm³/mol. The van der Waals surface area contributed by atoms with Crippen molar-refractivity contribution in [2.24, 2.45) is 0 Å². The number of hydrogen-bond acceptors (Lipinski definition) is 3. The van der Waals surface area contributed by atoms with Crippen LogP contribution >= 0.6 is 11.6 Å². The van der Waals surface area contributed by atoms with Crippen molar-refractivity contribution in [1.29, 1.82) is 0 Å². The summed E-state index contributed by atoms with van der Waals surface area (Å²) in [7, 11) is -4.32. The van der Waals surface area contributed by atoms with Gasteiger partial charge in [0.2, 0.25) is 0 Å². The van der Waals surface area contributed by atoms with E-state index in [0.717, 1.165) is 44.9 Å². The SMILES string of the molecule is CC[NH+]1CCN(c2ccc(Cl)cc2NS(=O)(=O)c2cc(F)ccc2F)CC1. The standard InChI is InChI=1S/C18H20ClF2N3O2S/c1-2-23-7-9-24(10-8-23)17-6-3-13(19)11-16(17)22-27(25,26)18-12-14(20)4-5-15(18)21/h3-6,11-12,22H,2,7-10H2,1H3/p+1. The van der Waals surface area contributed by atoms with Gasteiger partial charge in [-0.25, -0.2) is 17.2 Å². The van der Waals surface area contributed by atoms with Gasteiger partial charge < -0.3 is 9.80 Å². The van der Waals surface area contributed by atoms with E-state index in [4.69, 9.17) is 11.6 Å². The third-order valence-electron chi connectivity index (χ3n) is 4.70. The first-order valence-electron chi connectivity index (χ1n) is 8.66. The summed E-state index contributed by atoms with van der Waals surface area (Å²) in [6.45, 7) is 6.54. The Balaban J connectivity index is 1.92. The molecule has 0 atom stereocenters. The normalized spacial score (nSPS) is 15.8. The van der Waals surface area contributed by atoms with E-state index < -0.39 is 26.6 Å². The van der Waals surface area contributed by atoms with E-state index in [0.29, 0.717) is 16.8 Å². The molecule has 0 radical (unpaired) electrons. The van der Waals surface area contributed by atoms with E-state index in [1.807, 2.05) is 0 Å². The molecule has 0 unspecified atom stereocenters. The molecule has 1 heterocycles. The van der Waals surface area contributed by atoms with E-state index in [1.54, 1.807) is 12.1 Å². The van der Waals surface area contributed by atoms with Crippen LogP contribution in [0.3, 0.4) is 0 Å². The van der Waals surface area contributed by atoms with Gasteiger partial charge in [-0.2, -0.15) is 0 Å². The van der Waals surface area contributed by atoms with Crippen LogP contribution in [0.5, 0.6) is 0 Å². The molecule has 27 heavy (non-hydrogen) atoms. The lowest BCUT2D eigenvalue weighted by Gasteiger charge is -2.34. The van der Waals surface area contributed by atoms with Crippen LogP contribution in [0, 0.1) is 11.6 Å². The zero-order valence-electron chi connectivity index (χ0n) is 14.8. The molecule has 2 N–H and O–H groups in total. The number of rotatable bonds is 5. The quantitative estimate of drug-likeness (QED) is 0.785. The molecule has 1 aliphatic heterocycles. The van der Waals surface area contributed by atoms with Crippen LogP contribution in [0.25, 0.3) is 0 Å². The number of nitrogens with one attached hydrogen (secondary N) is 2. The van der Waals surface area contributed by atoms with Gasteiger partial charge >= 0.3 is 0 Å². The van der Waals surface area contributed by atoms with Crippen molar-refractivity contribution in [2.45, 2.75) is 11.8 Å². The molecule has 0 aliphatic carbocycles. The lowest BCUT2D eigenvalue weighted by molar-refractivity contribution is -0.898. The number of likely N-dealkylation sites (N-methyl/N-ethyl adjacent to an activating group) is 1. The first-order chi connectivity index (χ1) is 12.8. The lowest BCUT2D eigenvalue weighted by atomic mass is 10.2. The van der Waals surface area contributed by atoms with Crippen molar-refractivity contribution in [1.82, 2.24) is 0 Å². The summed E-state index contributed by atoms with van der Waals surface area (Å²) >= 11 is 6.04. The molecule has 1 aliphatic rings. The summed E-state index contributed by atoms with van der Waals surface area (Å²) in [5.41, 5.74) is 0.904. The second-order valence-electron chi connectivity index (χ2n) is 6.43. The highest BCUT2D eigenvalue weighted by Crippen LogP contribution is 2.31. The fourth-order valence-corrected chi connectivity index (χ4v) is 4.49. The number of anilines is 2. The molecule has 2 aromatic rings. The van der Waals surface area contributed by atoms with Gasteiger partial charge in [-0.3, -0.25) is 4.72 Å². The molecule has 0 saturated carbocycles. The summed E-state index contributed by atoms with van der Waals surface area (Å²) in [6.07, 6.45) is 0. The number of benzene rings is 2. The van der Waals surface area contributed by atoms with Crippen molar-refractivity contribution in [3.05, 3.63) is 53.1 Å². The topological polar surface area (TPSA) is 53.9 Å². The summed E-state index contributed by atoms with van der Waals surface area (Å²) in [5.74, 6) is -1.85. The van der Waals surface area contributed by atoms with Crippen molar-refractivity contribution in [3.63, 3.8) is 0 Å². The Kier molecular flexibility index (Phi) is 5.88. The minimum atomic E-state index is -4.32. The fraction of sp³-hybridized carbons (Fsp3) is 0.333. The molecule has 0 spiro atoms. The van der Waals surface area contributed by atoms with E-state index >= 15 is 0 Å². The molecule has 1 saturated heterocycles. The highest BCUT2D eigenvalue weighted by Gasteiger charge is 2.25. The minimum Gasteiger partial charge on any atom is -0.359 e. The first-order valence-corrected chi connectivity index (χ1v) is 10.5. The van der Waals surface area contributed by atoms with Crippen molar-refractivity contribution in [2.75, 3.05) is 42.3 Å². The van der Waals surface area contributed by atoms with Crippen molar-refractivity contribution in [3.8, 4) is 0 Å². The number of sulfonamides is 1. The first kappa shape index (κ1) is 19.9. The third kappa shape index (κ3) is 4.51. The maximum atomic E-state index is 14.0. The Labute approximate surface area is 162 Å². The molecule has 0 aromatic heterocycles. The summed E-state index contributed by atoms with van der Waals surface area (Å²) in [6, 6.07) is 7.20. The van der Waals surface area contributed by atoms with E-state index in [1.165, 1.54) is 11.0 Å². The van der Waals surface area contributed by atoms with Gasteiger partial charge in [-0.1, -0.05) is 11.6 Å². The highest BCUT2D eigenvalue weighted by atomic mass is 35.5. The molecule has 1 fully saturated rings. The van der Waals surface area contributed by atoms with Crippen LogP contribution in [0.4, 0.5) is 20.2 Å². The maximum absolute atomic E-state index is 14.0. The zero-order chi connectivity index (χ0) is 19.6. The van der Waals surface area contributed by atoms with E-state index in [9.17, 15) is 17.2 Å². The molecule has 0 bridgehead atoms. The predicted octanol–water partition coefficient (Wildman–Crippen LogP) is 2.14. The number of nitrogens with zero attached hydrogens (tertiary/aromatic N) is 1. The Morgan fingerprint density at radius 1 is 1.15 bits per heavy atom. The zero-order valence-corrected chi connectivity index (χ0v) is 16.4. The summed E-state index contributed by atoms with van der Waals surface area (Å²) in [4.78, 5) is 2.80. The average Bonchev–Trinajstić information content (AvgIpc) is 2.63. The highest BCUT2D eigenvalue weighted by molar-refractivity contribution is 7.92. The van der Waals surface area contributed by atoms with E-state index in [-0.39, 0.29) is 5.69 Å². The van der Waals surface area contributed by atoms with Gasteiger partial charge in [-0.15, -0.1) is 0 Å². The van der Waals surface area contributed by atoms with Gasteiger partial charge in [0.15, 0.2) is 0 Å². The van der Waals surface area contributed by atoms with Gasteiger partial charge in [0.05, 0.1) is 44.1 Å². The molecule has 146 valence electrons. The Hall–Kier alpha value is -1.90. The second kappa shape index (κ2) is 8.00. The van der Waals surface area contributed by atoms with Crippen molar-refractivity contribution >= 4 is 33.0 Å². The van der Waals surface area contributed by atoms with Gasteiger partial charge in [0.1, 0.15) is 16.5 Å². The molecular formula is C18H21ClF2N3O2S+. The molecule has 9 heteroatoms. The van der Waals surface area contributed by atoms with Gasteiger partial charge in [0.25, 0.3) is 10.0 Å². The van der Waals surface area contributed by atoms with Crippen LogP contribution in [0.2, 0.25) is 5.02 Å². The summed E-state index contributed by atoms with van der Waals surface area (Å²) < 4.78 is 55.0. The molecular weight excluding hydrogens is 396 g/mol. The monoisotopic (exact) mass is 416 g/mol. The average molecular weight is 417 g/mol. The Morgan fingerprint density at radius 3 is 2.52 bits per heavy atom. The van der Waals surface area contributed by atoms with Crippen LogP contribution in [-0.2, 0) is 10.0 Å². The Bertz CT molecular complexity index is 932. The van der Waals surface area contributed by atoms with Crippen LogP contribution < -0.4 is 14.5 Å². The van der Waals surface area contributed by atoms with Crippen LogP contribution in [0.15, 0.2) is 41.3 Å². The van der Waals surface area contributed by atoms with Crippen LogP contribution in [0.1, 0.15) is 6.92 Å². The number of halogens is 3. The van der Waals surface area contributed by atoms with E-state index in [2.05, 4.69) is 16.5 Å². The van der Waals surface area contributed by atoms with Crippen molar-refractivity contribution < 1.29 is 22.1 Å². The largest absolute Gasteiger partial charge is 0.359 e. The van der Waals surface area contributed by atoms with Gasteiger partial charge in [0, 0.05) is 5.02 Å². The molecule has 5 nitrogen and oxygen atoms in total. The molecule has 3 rings (SSSR count). The van der Waals surface area contributed by atoms with Gasteiger partial charge in [-0.05, 0) is 43.3 Å². The minimum absolute atomic E-state index is 0.242. The number of hydrogen-bond donors (Lipinski definition) is 2. The lowest BCUT2D eigenvalue weighted by Crippen LogP contribution is -3.14. The smallest absolute Gasteiger partial charge is 0.264 e. The van der Waals surface area contributed by atoms with Crippen LogP contribution in [-0.4, -0.2) is 41.1 Å².